The summed E-state index contributed by atoms with van der Waals surface area (Å²) in [4.78, 5) is 2.40. The van der Waals surface area contributed by atoms with Gasteiger partial charge < -0.3 is 9.32 Å². The molecule has 298 valence electrons. The number of para-hydroxylation sites is 2. The van der Waals surface area contributed by atoms with E-state index in [1.54, 1.807) is 0 Å². The standard InChI is InChI=1S/C61H43NO/c1-61(2)56-19-8-5-15-52(56)54-18-11-17-51(60(54)61)44-30-35-49(36-31-44)62(57-20-9-6-14-50(57)47-32-37-59-55(39-47)53-16-7-10-21-58(53)63-59)48-33-28-42(29-34-48)41-22-24-43(25-23-41)46-27-26-40-12-3-4-13-45(40)38-46/h3-39H,1-2H3. The van der Waals surface area contributed by atoms with Crippen molar-refractivity contribution >= 4 is 49.8 Å². The summed E-state index contributed by atoms with van der Waals surface area (Å²) in [6.45, 7) is 4.72. The molecule has 0 N–H and O–H groups in total. The van der Waals surface area contributed by atoms with Gasteiger partial charge in [-0.3, -0.25) is 0 Å². The second-order valence-corrected chi connectivity index (χ2v) is 17.3. The van der Waals surface area contributed by atoms with Crippen LogP contribution in [0, 0.1) is 0 Å². The van der Waals surface area contributed by atoms with Gasteiger partial charge in [-0.2, -0.15) is 0 Å². The Morgan fingerprint density at radius 3 is 1.67 bits per heavy atom. The highest BCUT2D eigenvalue weighted by Crippen LogP contribution is 2.52. The Hall–Kier alpha value is -7.94. The normalized spacial score (nSPS) is 12.7. The minimum Gasteiger partial charge on any atom is -0.456 e. The molecule has 0 saturated heterocycles. The first kappa shape index (κ1) is 36.9. The van der Waals surface area contributed by atoms with E-state index in [0.717, 1.165) is 50.1 Å². The van der Waals surface area contributed by atoms with Gasteiger partial charge in [-0.15, -0.1) is 0 Å². The maximum atomic E-state index is 6.25. The molecule has 1 aliphatic rings. The van der Waals surface area contributed by atoms with E-state index in [1.807, 2.05) is 12.1 Å². The van der Waals surface area contributed by atoms with Crippen LogP contribution in [0.25, 0.3) is 88.3 Å². The largest absolute Gasteiger partial charge is 0.456 e. The molecule has 0 saturated carbocycles. The van der Waals surface area contributed by atoms with E-state index in [4.69, 9.17) is 4.42 Å². The van der Waals surface area contributed by atoms with Crippen molar-refractivity contribution in [3.63, 3.8) is 0 Å². The quantitative estimate of drug-likeness (QED) is 0.160. The maximum absolute atomic E-state index is 6.25. The van der Waals surface area contributed by atoms with Gasteiger partial charge in [-0.05, 0) is 127 Å². The van der Waals surface area contributed by atoms with Crippen molar-refractivity contribution in [2.24, 2.45) is 0 Å². The second-order valence-electron chi connectivity index (χ2n) is 17.3. The van der Waals surface area contributed by atoms with E-state index < -0.39 is 0 Å². The molecule has 12 rings (SSSR count). The molecule has 0 atom stereocenters. The van der Waals surface area contributed by atoms with E-state index in [0.29, 0.717) is 0 Å². The summed E-state index contributed by atoms with van der Waals surface area (Å²) in [6, 6.07) is 81.7. The molecule has 2 heteroatoms. The van der Waals surface area contributed by atoms with Crippen LogP contribution in [-0.2, 0) is 5.41 Å². The van der Waals surface area contributed by atoms with Crippen molar-refractivity contribution in [2.75, 3.05) is 4.90 Å². The Morgan fingerprint density at radius 1 is 0.349 bits per heavy atom. The van der Waals surface area contributed by atoms with Crippen LogP contribution >= 0.6 is 0 Å². The number of benzene rings is 10. The van der Waals surface area contributed by atoms with Gasteiger partial charge in [-0.25, -0.2) is 0 Å². The van der Waals surface area contributed by atoms with Gasteiger partial charge in [0.2, 0.25) is 0 Å². The monoisotopic (exact) mass is 805 g/mol. The molecular weight excluding hydrogens is 763 g/mol. The Bertz CT molecular complexity index is 3520. The molecule has 0 amide bonds. The summed E-state index contributed by atoms with van der Waals surface area (Å²) in [6.07, 6.45) is 0. The van der Waals surface area contributed by atoms with Crippen molar-refractivity contribution in [1.82, 2.24) is 0 Å². The molecule has 2 nitrogen and oxygen atoms in total. The van der Waals surface area contributed by atoms with Gasteiger partial charge in [0.25, 0.3) is 0 Å². The summed E-state index contributed by atoms with van der Waals surface area (Å²) < 4.78 is 6.25. The van der Waals surface area contributed by atoms with Crippen LogP contribution < -0.4 is 4.90 Å². The van der Waals surface area contributed by atoms with Crippen LogP contribution in [0.5, 0.6) is 0 Å². The molecule has 0 aliphatic heterocycles. The third-order valence-electron chi connectivity index (χ3n) is 13.3. The van der Waals surface area contributed by atoms with E-state index in [-0.39, 0.29) is 5.41 Å². The number of rotatable bonds is 7. The highest BCUT2D eigenvalue weighted by molar-refractivity contribution is 6.07. The predicted octanol–water partition coefficient (Wildman–Crippen LogP) is 17.2. The Labute approximate surface area is 368 Å². The van der Waals surface area contributed by atoms with Crippen molar-refractivity contribution in [2.45, 2.75) is 19.3 Å². The van der Waals surface area contributed by atoms with Crippen LogP contribution in [0.1, 0.15) is 25.0 Å². The summed E-state index contributed by atoms with van der Waals surface area (Å²) >= 11 is 0. The molecule has 0 fully saturated rings. The maximum Gasteiger partial charge on any atom is 0.135 e. The van der Waals surface area contributed by atoms with Gasteiger partial charge >= 0.3 is 0 Å². The van der Waals surface area contributed by atoms with Gasteiger partial charge in [0.05, 0.1) is 5.69 Å². The van der Waals surface area contributed by atoms with Gasteiger partial charge in [0.15, 0.2) is 0 Å². The lowest BCUT2D eigenvalue weighted by atomic mass is 9.79. The van der Waals surface area contributed by atoms with Crippen molar-refractivity contribution < 1.29 is 4.42 Å². The third-order valence-corrected chi connectivity index (χ3v) is 13.3. The number of anilines is 3. The molecule has 10 aromatic carbocycles. The van der Waals surface area contributed by atoms with Crippen LogP contribution in [0.2, 0.25) is 0 Å². The fourth-order valence-corrected chi connectivity index (χ4v) is 10.1. The predicted molar refractivity (Wildman–Crippen MR) is 265 cm³/mol. The van der Waals surface area contributed by atoms with Crippen molar-refractivity contribution in [1.29, 1.82) is 0 Å². The van der Waals surface area contributed by atoms with Crippen LogP contribution in [0.4, 0.5) is 17.1 Å². The summed E-state index contributed by atoms with van der Waals surface area (Å²) in [7, 11) is 0. The number of hydrogen-bond acceptors (Lipinski definition) is 2. The summed E-state index contributed by atoms with van der Waals surface area (Å²) in [5.74, 6) is 0. The summed E-state index contributed by atoms with van der Waals surface area (Å²) in [5.41, 5.74) is 20.0. The first-order chi connectivity index (χ1) is 31.0. The first-order valence-electron chi connectivity index (χ1n) is 21.8. The highest BCUT2D eigenvalue weighted by Gasteiger charge is 2.37. The van der Waals surface area contributed by atoms with Gasteiger partial charge in [-0.1, -0.05) is 184 Å². The Kier molecular flexibility index (Phi) is 8.55. The zero-order valence-corrected chi connectivity index (χ0v) is 35.2. The molecule has 63 heavy (non-hydrogen) atoms. The number of fused-ring (bicyclic) bond motifs is 7. The molecule has 1 aromatic heterocycles. The minimum absolute atomic E-state index is 0.105. The van der Waals surface area contributed by atoms with Gasteiger partial charge in [0, 0.05) is 33.1 Å². The fraction of sp³-hybridized carbons (Fsp3) is 0.0492. The number of hydrogen-bond donors (Lipinski definition) is 0. The van der Waals surface area contributed by atoms with E-state index in [2.05, 4.69) is 231 Å². The first-order valence-corrected chi connectivity index (χ1v) is 21.8. The van der Waals surface area contributed by atoms with Crippen molar-refractivity contribution in [3.8, 4) is 55.6 Å². The third kappa shape index (κ3) is 6.17. The smallest absolute Gasteiger partial charge is 0.135 e. The topological polar surface area (TPSA) is 16.4 Å². The molecule has 0 bridgehead atoms. The molecular formula is C61H43NO. The molecule has 0 spiro atoms. The molecule has 11 aromatic rings. The number of furan rings is 1. The lowest BCUT2D eigenvalue weighted by Gasteiger charge is -2.28. The second kappa shape index (κ2) is 14.6. The lowest BCUT2D eigenvalue weighted by Crippen LogP contribution is -2.16. The Morgan fingerprint density at radius 2 is 0.889 bits per heavy atom. The average molecular weight is 806 g/mol. The molecule has 1 aliphatic carbocycles. The molecule has 1 heterocycles. The van der Waals surface area contributed by atoms with E-state index >= 15 is 0 Å². The van der Waals surface area contributed by atoms with Crippen LogP contribution in [0.15, 0.2) is 229 Å². The van der Waals surface area contributed by atoms with Crippen LogP contribution in [-0.4, -0.2) is 0 Å². The van der Waals surface area contributed by atoms with Gasteiger partial charge in [0.1, 0.15) is 11.2 Å². The average Bonchev–Trinajstić information content (AvgIpc) is 3.83. The molecule has 0 unspecified atom stereocenters. The molecule has 0 radical (unpaired) electrons. The van der Waals surface area contributed by atoms with E-state index in [9.17, 15) is 0 Å². The SMILES string of the molecule is CC1(C)c2ccccc2-c2cccc(-c3ccc(N(c4ccc(-c5ccc(-c6ccc7ccccc7c6)cc5)cc4)c4ccccc4-c4ccc5oc6ccccc6c5c4)cc3)c21. The number of nitrogens with zero attached hydrogens (tertiary/aromatic N) is 1. The highest BCUT2D eigenvalue weighted by atomic mass is 16.3. The Balaban J connectivity index is 0.945. The van der Waals surface area contributed by atoms with E-state index in [1.165, 1.54) is 66.4 Å². The lowest BCUT2D eigenvalue weighted by molar-refractivity contribution is 0.662. The zero-order valence-electron chi connectivity index (χ0n) is 35.2. The fourth-order valence-electron chi connectivity index (χ4n) is 10.1. The van der Waals surface area contributed by atoms with Crippen molar-refractivity contribution in [3.05, 3.63) is 236 Å². The minimum atomic E-state index is -0.105. The zero-order chi connectivity index (χ0) is 42.1. The van der Waals surface area contributed by atoms with Crippen LogP contribution in [0.3, 0.4) is 0 Å². The summed E-state index contributed by atoms with van der Waals surface area (Å²) in [5, 5.41) is 4.75.